The van der Waals surface area contributed by atoms with Gasteiger partial charge in [0.25, 0.3) is 5.89 Å². The quantitative estimate of drug-likeness (QED) is 0.777. The SMILES string of the molecule is COCC(C)(N)c1noc(COC(C)C)n1. The van der Waals surface area contributed by atoms with E-state index in [0.29, 0.717) is 24.9 Å². The number of aromatic nitrogens is 2. The Morgan fingerprint density at radius 1 is 1.50 bits per heavy atom. The fourth-order valence-corrected chi connectivity index (χ4v) is 1.15. The summed E-state index contributed by atoms with van der Waals surface area (Å²) in [4.78, 5) is 4.16. The molecule has 0 saturated heterocycles. The predicted molar refractivity (Wildman–Crippen MR) is 57.6 cm³/mol. The third-order valence-electron chi connectivity index (χ3n) is 1.96. The molecule has 0 radical (unpaired) electrons. The Bertz CT molecular complexity index is 323. The number of methoxy groups -OCH3 is 1. The van der Waals surface area contributed by atoms with Crippen LogP contribution >= 0.6 is 0 Å². The van der Waals surface area contributed by atoms with Gasteiger partial charge in [0.2, 0.25) is 0 Å². The Kier molecular flexibility index (Phi) is 4.40. The molecule has 1 heterocycles. The van der Waals surface area contributed by atoms with E-state index in [4.69, 9.17) is 19.7 Å². The average Bonchev–Trinajstić information content (AvgIpc) is 2.63. The molecule has 0 aliphatic rings. The van der Waals surface area contributed by atoms with Crippen LogP contribution in [-0.4, -0.2) is 30.0 Å². The molecule has 0 aliphatic carbocycles. The van der Waals surface area contributed by atoms with Crippen molar-refractivity contribution >= 4 is 0 Å². The average molecular weight is 229 g/mol. The van der Waals surface area contributed by atoms with Crippen molar-refractivity contribution in [1.29, 1.82) is 0 Å². The molecule has 2 N–H and O–H groups in total. The van der Waals surface area contributed by atoms with Crippen molar-refractivity contribution in [3.05, 3.63) is 11.7 Å². The number of rotatable bonds is 6. The fourth-order valence-electron chi connectivity index (χ4n) is 1.15. The molecule has 16 heavy (non-hydrogen) atoms. The van der Waals surface area contributed by atoms with Crippen LogP contribution < -0.4 is 5.73 Å². The highest BCUT2D eigenvalue weighted by Gasteiger charge is 2.27. The highest BCUT2D eigenvalue weighted by molar-refractivity contribution is 5.01. The Morgan fingerprint density at radius 2 is 2.19 bits per heavy atom. The molecule has 92 valence electrons. The van der Waals surface area contributed by atoms with Gasteiger partial charge in [-0.25, -0.2) is 0 Å². The van der Waals surface area contributed by atoms with E-state index in [9.17, 15) is 0 Å². The van der Waals surface area contributed by atoms with Crippen LogP contribution in [0, 0.1) is 0 Å². The smallest absolute Gasteiger partial charge is 0.252 e. The first-order valence-electron chi connectivity index (χ1n) is 5.18. The van der Waals surface area contributed by atoms with Gasteiger partial charge >= 0.3 is 0 Å². The normalized spacial score (nSPS) is 15.4. The van der Waals surface area contributed by atoms with Crippen molar-refractivity contribution in [2.75, 3.05) is 13.7 Å². The highest BCUT2D eigenvalue weighted by atomic mass is 16.5. The Hall–Kier alpha value is -0.980. The standard InChI is InChI=1S/C10H19N3O3/c1-7(2)15-5-8-12-9(13-16-8)10(3,11)6-14-4/h7H,5-6,11H2,1-4H3. The molecule has 6 heteroatoms. The van der Waals surface area contributed by atoms with Gasteiger partial charge in [-0.15, -0.1) is 0 Å². The second kappa shape index (κ2) is 5.38. The zero-order valence-corrected chi connectivity index (χ0v) is 10.2. The van der Waals surface area contributed by atoms with Crippen LogP contribution in [0.4, 0.5) is 0 Å². The third-order valence-corrected chi connectivity index (χ3v) is 1.96. The largest absolute Gasteiger partial charge is 0.382 e. The van der Waals surface area contributed by atoms with Crippen LogP contribution in [0.1, 0.15) is 32.5 Å². The Morgan fingerprint density at radius 3 is 2.75 bits per heavy atom. The second-order valence-corrected chi connectivity index (χ2v) is 4.22. The van der Waals surface area contributed by atoms with E-state index < -0.39 is 5.54 Å². The molecular weight excluding hydrogens is 210 g/mol. The summed E-state index contributed by atoms with van der Waals surface area (Å²) in [6, 6.07) is 0. The van der Waals surface area contributed by atoms with Gasteiger partial charge in [-0.3, -0.25) is 0 Å². The summed E-state index contributed by atoms with van der Waals surface area (Å²) < 4.78 is 15.4. The molecule has 0 saturated carbocycles. The predicted octanol–water partition coefficient (Wildman–Crippen LogP) is 0.815. The summed E-state index contributed by atoms with van der Waals surface area (Å²) in [6.45, 7) is 6.30. The molecule has 1 rings (SSSR count). The van der Waals surface area contributed by atoms with E-state index in [0.717, 1.165) is 0 Å². The lowest BCUT2D eigenvalue weighted by Crippen LogP contribution is -2.39. The summed E-state index contributed by atoms with van der Waals surface area (Å²) >= 11 is 0. The van der Waals surface area contributed by atoms with Crippen molar-refractivity contribution in [3.8, 4) is 0 Å². The summed E-state index contributed by atoms with van der Waals surface area (Å²) in [7, 11) is 1.58. The summed E-state index contributed by atoms with van der Waals surface area (Å²) in [5.41, 5.74) is 5.23. The minimum atomic E-state index is -0.742. The van der Waals surface area contributed by atoms with Crippen molar-refractivity contribution in [2.45, 2.75) is 39.0 Å². The Balaban J connectivity index is 2.63. The lowest BCUT2D eigenvalue weighted by molar-refractivity contribution is 0.0485. The van der Waals surface area contributed by atoms with Crippen molar-refractivity contribution in [1.82, 2.24) is 10.1 Å². The zero-order chi connectivity index (χ0) is 12.2. The van der Waals surface area contributed by atoms with Gasteiger partial charge in [-0.1, -0.05) is 5.16 Å². The zero-order valence-electron chi connectivity index (χ0n) is 10.2. The minimum absolute atomic E-state index is 0.124. The number of hydrogen-bond donors (Lipinski definition) is 1. The van der Waals surface area contributed by atoms with Crippen LogP contribution in [0.25, 0.3) is 0 Å². The minimum Gasteiger partial charge on any atom is -0.382 e. The summed E-state index contributed by atoms with van der Waals surface area (Å²) in [5, 5.41) is 3.81. The Labute approximate surface area is 95.1 Å². The highest BCUT2D eigenvalue weighted by Crippen LogP contribution is 2.14. The molecule has 1 unspecified atom stereocenters. The van der Waals surface area contributed by atoms with Gasteiger partial charge in [0.1, 0.15) is 12.1 Å². The lowest BCUT2D eigenvalue weighted by atomic mass is 10.1. The number of nitrogens with zero attached hydrogens (tertiary/aromatic N) is 2. The first-order valence-corrected chi connectivity index (χ1v) is 5.18. The number of ether oxygens (including phenoxy) is 2. The number of hydrogen-bond acceptors (Lipinski definition) is 6. The van der Waals surface area contributed by atoms with Crippen LogP contribution in [0.15, 0.2) is 4.52 Å². The second-order valence-electron chi connectivity index (χ2n) is 4.22. The van der Waals surface area contributed by atoms with Gasteiger partial charge in [-0.2, -0.15) is 4.98 Å². The van der Waals surface area contributed by atoms with Gasteiger partial charge in [-0.05, 0) is 20.8 Å². The van der Waals surface area contributed by atoms with Crippen molar-refractivity contribution in [3.63, 3.8) is 0 Å². The molecule has 0 aliphatic heterocycles. The topological polar surface area (TPSA) is 83.4 Å². The van der Waals surface area contributed by atoms with Crippen LogP contribution in [0.2, 0.25) is 0 Å². The first kappa shape index (κ1) is 13.1. The fraction of sp³-hybridized carbons (Fsp3) is 0.800. The molecule has 0 aromatic carbocycles. The number of nitrogens with two attached hydrogens (primary N) is 1. The van der Waals surface area contributed by atoms with Gasteiger partial charge in [0.05, 0.1) is 12.7 Å². The summed E-state index contributed by atoms with van der Waals surface area (Å²) in [6.07, 6.45) is 0.124. The molecule has 0 amide bonds. The van der Waals surface area contributed by atoms with Crippen LogP contribution in [0.5, 0.6) is 0 Å². The molecular formula is C10H19N3O3. The molecule has 1 aromatic heterocycles. The van der Waals surface area contributed by atoms with Crippen LogP contribution in [-0.2, 0) is 21.6 Å². The van der Waals surface area contributed by atoms with Gasteiger partial charge < -0.3 is 19.7 Å². The lowest BCUT2D eigenvalue weighted by Gasteiger charge is -2.18. The van der Waals surface area contributed by atoms with Crippen molar-refractivity contribution < 1.29 is 14.0 Å². The molecule has 0 spiro atoms. The third kappa shape index (κ3) is 3.55. The molecule has 6 nitrogen and oxygen atoms in total. The van der Waals surface area contributed by atoms with E-state index >= 15 is 0 Å². The van der Waals surface area contributed by atoms with Crippen molar-refractivity contribution in [2.24, 2.45) is 5.73 Å². The van der Waals surface area contributed by atoms with E-state index in [1.807, 2.05) is 13.8 Å². The van der Waals surface area contributed by atoms with E-state index in [2.05, 4.69) is 10.1 Å². The van der Waals surface area contributed by atoms with Gasteiger partial charge in [0.15, 0.2) is 5.82 Å². The van der Waals surface area contributed by atoms with E-state index in [1.165, 1.54) is 0 Å². The monoisotopic (exact) mass is 229 g/mol. The van der Waals surface area contributed by atoms with Crippen LogP contribution in [0.3, 0.4) is 0 Å². The molecule has 1 aromatic rings. The van der Waals surface area contributed by atoms with E-state index in [-0.39, 0.29) is 6.10 Å². The molecule has 1 atom stereocenters. The maximum absolute atomic E-state index is 5.97. The molecule has 0 fully saturated rings. The van der Waals surface area contributed by atoms with E-state index in [1.54, 1.807) is 14.0 Å². The maximum atomic E-state index is 5.97. The summed E-state index contributed by atoms with van der Waals surface area (Å²) in [5.74, 6) is 0.855. The molecule has 0 bridgehead atoms. The van der Waals surface area contributed by atoms with Gasteiger partial charge in [0, 0.05) is 7.11 Å². The maximum Gasteiger partial charge on any atom is 0.252 e. The first-order chi connectivity index (χ1) is 7.45.